The Hall–Kier alpha value is -0.00506. The molecule has 0 aliphatic heterocycles. The molecule has 2 heteroatoms. The first kappa shape index (κ1) is 30.0. The SMILES string of the molecule is CCCCCCCCCCCCCCB(F)CCCCCCCCCCCCCC. The third-order valence-electron chi connectivity index (χ3n) is 6.74. The Kier molecular flexibility index (Phi) is 27.0. The van der Waals surface area contributed by atoms with Crippen molar-refractivity contribution in [3.05, 3.63) is 0 Å². The van der Waals surface area contributed by atoms with Crippen LogP contribution < -0.4 is 0 Å². The normalized spacial score (nSPS) is 11.3. The van der Waals surface area contributed by atoms with Gasteiger partial charge in [-0.25, -0.2) is 0 Å². The minimum atomic E-state index is -0.531. The molecule has 0 aliphatic rings. The number of unbranched alkanes of at least 4 members (excludes halogenated alkanes) is 22. The molecule has 30 heavy (non-hydrogen) atoms. The van der Waals surface area contributed by atoms with Crippen molar-refractivity contribution in [3.63, 3.8) is 0 Å². The molecule has 0 saturated heterocycles. The standard InChI is InChI=1S/C28H58BF/c1-3-5-7-9-11-13-15-17-19-21-23-25-27-29(30)28-26-24-22-20-18-16-14-12-10-8-6-4-2/h3-28H2,1-2H3. The lowest BCUT2D eigenvalue weighted by molar-refractivity contribution is 0.544. The van der Waals surface area contributed by atoms with Gasteiger partial charge < -0.3 is 4.32 Å². The second kappa shape index (κ2) is 27.0. The van der Waals surface area contributed by atoms with Crippen LogP contribution in [0.1, 0.15) is 168 Å². The fourth-order valence-electron chi connectivity index (χ4n) is 4.56. The number of hydrogen-bond donors (Lipinski definition) is 0. The van der Waals surface area contributed by atoms with Crippen molar-refractivity contribution in [2.24, 2.45) is 0 Å². The molecule has 0 aromatic rings. The molecule has 0 aliphatic carbocycles. The van der Waals surface area contributed by atoms with E-state index in [1.54, 1.807) is 0 Å². The maximum absolute atomic E-state index is 14.0. The van der Waals surface area contributed by atoms with E-state index >= 15 is 0 Å². The quantitative estimate of drug-likeness (QED) is 0.0956. The fraction of sp³-hybridized carbons (Fsp3) is 1.00. The molecule has 180 valence electrons. The highest BCUT2D eigenvalue weighted by Gasteiger charge is 2.12. The highest BCUT2D eigenvalue weighted by atomic mass is 19.1. The van der Waals surface area contributed by atoms with E-state index < -0.39 is 6.99 Å². The summed E-state index contributed by atoms with van der Waals surface area (Å²) in [5.74, 6) is 0. The van der Waals surface area contributed by atoms with Crippen molar-refractivity contribution in [2.75, 3.05) is 0 Å². The fourth-order valence-corrected chi connectivity index (χ4v) is 4.56. The van der Waals surface area contributed by atoms with Crippen molar-refractivity contribution in [1.29, 1.82) is 0 Å². The second-order valence-electron chi connectivity index (χ2n) is 9.95. The summed E-state index contributed by atoms with van der Waals surface area (Å²) in [4.78, 5) is 0. The molecule has 0 aromatic carbocycles. The zero-order valence-corrected chi connectivity index (χ0v) is 21.3. The van der Waals surface area contributed by atoms with Gasteiger partial charge in [0.2, 0.25) is 0 Å². The molecule has 0 saturated carbocycles. The van der Waals surface area contributed by atoms with Crippen LogP contribution in [0.4, 0.5) is 4.32 Å². The third-order valence-corrected chi connectivity index (χ3v) is 6.74. The van der Waals surface area contributed by atoms with Crippen molar-refractivity contribution in [2.45, 2.75) is 181 Å². The first-order valence-corrected chi connectivity index (χ1v) is 14.4. The predicted molar refractivity (Wildman–Crippen MR) is 139 cm³/mol. The van der Waals surface area contributed by atoms with Gasteiger partial charge in [0, 0.05) is 0 Å². The third kappa shape index (κ3) is 26.0. The lowest BCUT2D eigenvalue weighted by Crippen LogP contribution is -2.04. The van der Waals surface area contributed by atoms with Crippen molar-refractivity contribution >= 4 is 6.99 Å². The summed E-state index contributed by atoms with van der Waals surface area (Å²) < 4.78 is 14.0. The van der Waals surface area contributed by atoms with Crippen LogP contribution in [0.5, 0.6) is 0 Å². The van der Waals surface area contributed by atoms with Gasteiger partial charge in [-0.05, 0) is 12.6 Å². The number of hydrogen-bond acceptors (Lipinski definition) is 0. The topological polar surface area (TPSA) is 0 Å². The summed E-state index contributed by atoms with van der Waals surface area (Å²) in [6.07, 6.45) is 34.3. The van der Waals surface area contributed by atoms with Gasteiger partial charge >= 0.3 is 6.99 Å². The molecule has 0 bridgehead atoms. The molecule has 0 unspecified atom stereocenters. The van der Waals surface area contributed by atoms with Crippen molar-refractivity contribution < 1.29 is 4.32 Å². The smallest absolute Gasteiger partial charge is 0.336 e. The second-order valence-corrected chi connectivity index (χ2v) is 9.95. The predicted octanol–water partition coefficient (Wildman–Crippen LogP) is 11.3. The monoisotopic (exact) mass is 424 g/mol. The van der Waals surface area contributed by atoms with Crippen LogP contribution in [0, 0.1) is 0 Å². The molecule has 0 heterocycles. The van der Waals surface area contributed by atoms with Gasteiger partial charge in [0.15, 0.2) is 0 Å². The van der Waals surface area contributed by atoms with Crippen LogP contribution in [0.2, 0.25) is 12.6 Å². The van der Waals surface area contributed by atoms with E-state index in [0.29, 0.717) is 0 Å². The molecule has 0 rings (SSSR count). The van der Waals surface area contributed by atoms with Crippen LogP contribution in [0.25, 0.3) is 0 Å². The van der Waals surface area contributed by atoms with E-state index in [0.717, 1.165) is 25.5 Å². The minimum Gasteiger partial charge on any atom is -0.336 e. The van der Waals surface area contributed by atoms with Gasteiger partial charge in [0.1, 0.15) is 0 Å². The van der Waals surface area contributed by atoms with Crippen LogP contribution in [-0.2, 0) is 0 Å². The first-order chi connectivity index (χ1) is 14.8. The lowest BCUT2D eigenvalue weighted by atomic mass is 9.62. The Bertz CT molecular complexity index is 266. The summed E-state index contributed by atoms with van der Waals surface area (Å²) in [7, 11) is 0. The van der Waals surface area contributed by atoms with E-state index in [4.69, 9.17) is 0 Å². The summed E-state index contributed by atoms with van der Waals surface area (Å²) in [6, 6.07) is 0. The van der Waals surface area contributed by atoms with Gasteiger partial charge in [-0.1, -0.05) is 168 Å². The molecule has 0 radical (unpaired) electrons. The molecule has 0 spiro atoms. The summed E-state index contributed by atoms with van der Waals surface area (Å²) >= 11 is 0. The largest absolute Gasteiger partial charge is 0.348 e. The summed E-state index contributed by atoms with van der Waals surface area (Å²) in [5, 5.41) is 0. The number of halogens is 1. The van der Waals surface area contributed by atoms with Crippen LogP contribution in [0.15, 0.2) is 0 Å². The first-order valence-electron chi connectivity index (χ1n) is 14.4. The Morgan fingerprint density at radius 1 is 0.333 bits per heavy atom. The van der Waals surface area contributed by atoms with Crippen LogP contribution in [0.3, 0.4) is 0 Å². The van der Waals surface area contributed by atoms with Gasteiger partial charge in [-0.3, -0.25) is 0 Å². The van der Waals surface area contributed by atoms with E-state index in [1.165, 1.54) is 141 Å². The molecule has 0 aromatic heterocycles. The van der Waals surface area contributed by atoms with Gasteiger partial charge in [-0.2, -0.15) is 0 Å². The molecular formula is C28H58BF. The zero-order chi connectivity index (χ0) is 22.0. The zero-order valence-electron chi connectivity index (χ0n) is 21.3. The molecule has 0 fully saturated rings. The maximum atomic E-state index is 14.0. The summed E-state index contributed by atoms with van der Waals surface area (Å²) in [5.41, 5.74) is 0. The molecule has 0 nitrogen and oxygen atoms in total. The Morgan fingerprint density at radius 2 is 0.533 bits per heavy atom. The lowest BCUT2D eigenvalue weighted by Gasteiger charge is -2.06. The van der Waals surface area contributed by atoms with E-state index in [9.17, 15) is 4.32 Å². The van der Waals surface area contributed by atoms with Crippen LogP contribution in [-0.4, -0.2) is 6.99 Å². The van der Waals surface area contributed by atoms with Gasteiger partial charge in [0.05, 0.1) is 0 Å². The van der Waals surface area contributed by atoms with Crippen LogP contribution >= 0.6 is 0 Å². The highest BCUT2D eigenvalue weighted by Crippen LogP contribution is 2.17. The van der Waals surface area contributed by atoms with E-state index in [1.807, 2.05) is 0 Å². The Labute approximate surface area is 192 Å². The molecule has 0 N–H and O–H groups in total. The molecule has 0 amide bonds. The Balaban J connectivity index is 3.13. The summed E-state index contributed by atoms with van der Waals surface area (Å²) in [6.45, 7) is 4.03. The highest BCUT2D eigenvalue weighted by molar-refractivity contribution is 6.50. The van der Waals surface area contributed by atoms with Gasteiger partial charge in [0.25, 0.3) is 0 Å². The molecular weight excluding hydrogens is 366 g/mol. The minimum absolute atomic E-state index is 0.531. The maximum Gasteiger partial charge on any atom is 0.348 e. The van der Waals surface area contributed by atoms with Crippen molar-refractivity contribution in [3.8, 4) is 0 Å². The van der Waals surface area contributed by atoms with E-state index in [-0.39, 0.29) is 0 Å². The van der Waals surface area contributed by atoms with Gasteiger partial charge in [-0.15, -0.1) is 0 Å². The number of rotatable bonds is 26. The van der Waals surface area contributed by atoms with Crippen molar-refractivity contribution in [1.82, 2.24) is 0 Å². The molecule has 0 atom stereocenters. The average Bonchev–Trinajstić information content (AvgIpc) is 2.75. The van der Waals surface area contributed by atoms with E-state index in [2.05, 4.69) is 13.8 Å². The average molecular weight is 425 g/mol. The Morgan fingerprint density at radius 3 is 0.767 bits per heavy atom.